The van der Waals surface area contributed by atoms with Gasteiger partial charge in [0.15, 0.2) is 0 Å². The number of ether oxygens (including phenoxy) is 1. The summed E-state index contributed by atoms with van der Waals surface area (Å²) in [4.78, 5) is 0. The first-order valence-electron chi connectivity index (χ1n) is 7.30. The Morgan fingerprint density at radius 3 is 2.89 bits per heavy atom. The lowest BCUT2D eigenvalue weighted by atomic mass is 9.90. The second-order valence-electron chi connectivity index (χ2n) is 5.81. The van der Waals surface area contributed by atoms with E-state index >= 15 is 0 Å². The maximum Gasteiger partial charge on any atom is 0.0469 e. The van der Waals surface area contributed by atoms with Gasteiger partial charge in [0, 0.05) is 37.2 Å². The van der Waals surface area contributed by atoms with Gasteiger partial charge in [0.1, 0.15) is 0 Å². The topological polar surface area (TPSA) is 40.2 Å². The molecule has 2 aliphatic rings. The van der Waals surface area contributed by atoms with Crippen LogP contribution < -0.4 is 5.73 Å². The van der Waals surface area contributed by atoms with Gasteiger partial charge in [-0.1, -0.05) is 0 Å². The molecule has 1 aromatic heterocycles. The molecule has 0 saturated carbocycles. The van der Waals surface area contributed by atoms with Gasteiger partial charge in [-0.15, -0.1) is 0 Å². The standard InChI is InChI=1S/C15H24N2O/c1-11(12-6-9-18-10-7-12)17-8-5-13-14(16)3-2-4-15(13)17/h5,8,11-12,14H,2-4,6-7,9-10,16H2,1H3. The first kappa shape index (κ1) is 12.2. The zero-order chi connectivity index (χ0) is 12.5. The van der Waals surface area contributed by atoms with E-state index < -0.39 is 0 Å². The Labute approximate surface area is 109 Å². The summed E-state index contributed by atoms with van der Waals surface area (Å²) in [6.45, 7) is 4.21. The number of fused-ring (bicyclic) bond motifs is 1. The van der Waals surface area contributed by atoms with Gasteiger partial charge in [-0.2, -0.15) is 0 Å². The van der Waals surface area contributed by atoms with Crippen LogP contribution in [0.1, 0.15) is 55.9 Å². The van der Waals surface area contributed by atoms with Crippen LogP contribution in [0.25, 0.3) is 0 Å². The molecule has 1 aromatic rings. The molecule has 1 fully saturated rings. The number of hydrogen-bond donors (Lipinski definition) is 1. The Morgan fingerprint density at radius 1 is 1.33 bits per heavy atom. The normalized spacial score (nSPS) is 26.9. The molecule has 2 heterocycles. The minimum Gasteiger partial charge on any atom is -0.381 e. The molecule has 3 nitrogen and oxygen atoms in total. The SMILES string of the molecule is CC(C1CCOCC1)n1ccc2c1CCCC2N. The van der Waals surface area contributed by atoms with Crippen LogP contribution in [0, 0.1) is 5.92 Å². The lowest BCUT2D eigenvalue weighted by Gasteiger charge is -2.31. The van der Waals surface area contributed by atoms with Crippen LogP contribution in [0.3, 0.4) is 0 Å². The fourth-order valence-electron chi connectivity index (χ4n) is 3.56. The van der Waals surface area contributed by atoms with Crippen molar-refractivity contribution in [1.29, 1.82) is 0 Å². The van der Waals surface area contributed by atoms with Gasteiger partial charge in [0.2, 0.25) is 0 Å². The minimum atomic E-state index is 0.261. The molecule has 0 aromatic carbocycles. The monoisotopic (exact) mass is 248 g/mol. The van der Waals surface area contributed by atoms with Crippen LogP contribution in [-0.4, -0.2) is 17.8 Å². The number of aromatic nitrogens is 1. The number of hydrogen-bond acceptors (Lipinski definition) is 2. The van der Waals surface area contributed by atoms with Gasteiger partial charge in [-0.3, -0.25) is 0 Å². The Hall–Kier alpha value is -0.800. The molecule has 2 atom stereocenters. The van der Waals surface area contributed by atoms with Crippen molar-refractivity contribution in [2.75, 3.05) is 13.2 Å². The van der Waals surface area contributed by atoms with Crippen molar-refractivity contribution in [3.8, 4) is 0 Å². The van der Waals surface area contributed by atoms with Crippen molar-refractivity contribution in [2.24, 2.45) is 11.7 Å². The summed E-state index contributed by atoms with van der Waals surface area (Å²) in [5, 5.41) is 0. The highest BCUT2D eigenvalue weighted by atomic mass is 16.5. The van der Waals surface area contributed by atoms with Crippen LogP contribution in [-0.2, 0) is 11.2 Å². The van der Waals surface area contributed by atoms with E-state index in [1.807, 2.05) is 0 Å². The summed E-state index contributed by atoms with van der Waals surface area (Å²) in [5.41, 5.74) is 9.09. The summed E-state index contributed by atoms with van der Waals surface area (Å²) in [5.74, 6) is 0.758. The largest absolute Gasteiger partial charge is 0.381 e. The zero-order valence-corrected chi connectivity index (χ0v) is 11.3. The highest BCUT2D eigenvalue weighted by Crippen LogP contribution is 2.34. The molecule has 0 radical (unpaired) electrons. The first-order chi connectivity index (χ1) is 8.77. The lowest BCUT2D eigenvalue weighted by Crippen LogP contribution is -2.26. The van der Waals surface area contributed by atoms with Crippen molar-refractivity contribution in [1.82, 2.24) is 4.57 Å². The second-order valence-corrected chi connectivity index (χ2v) is 5.81. The highest BCUT2D eigenvalue weighted by molar-refractivity contribution is 5.28. The average Bonchev–Trinajstić information content (AvgIpc) is 2.84. The van der Waals surface area contributed by atoms with Crippen molar-refractivity contribution >= 4 is 0 Å². The molecule has 1 aliphatic carbocycles. The Kier molecular flexibility index (Phi) is 3.44. The van der Waals surface area contributed by atoms with Crippen molar-refractivity contribution in [3.63, 3.8) is 0 Å². The quantitative estimate of drug-likeness (QED) is 0.874. The van der Waals surface area contributed by atoms with Crippen LogP contribution >= 0.6 is 0 Å². The van der Waals surface area contributed by atoms with E-state index in [4.69, 9.17) is 10.5 Å². The molecule has 0 amide bonds. The summed E-state index contributed by atoms with van der Waals surface area (Å²) in [7, 11) is 0. The van der Waals surface area contributed by atoms with Crippen LogP contribution in [0.2, 0.25) is 0 Å². The predicted molar refractivity (Wildman–Crippen MR) is 72.6 cm³/mol. The summed E-state index contributed by atoms with van der Waals surface area (Å²) >= 11 is 0. The van der Waals surface area contributed by atoms with Crippen LogP contribution in [0.5, 0.6) is 0 Å². The van der Waals surface area contributed by atoms with E-state index in [0.29, 0.717) is 6.04 Å². The van der Waals surface area contributed by atoms with Gasteiger partial charge in [0.25, 0.3) is 0 Å². The van der Waals surface area contributed by atoms with E-state index in [0.717, 1.165) is 25.6 Å². The van der Waals surface area contributed by atoms with E-state index in [-0.39, 0.29) is 6.04 Å². The van der Waals surface area contributed by atoms with E-state index in [9.17, 15) is 0 Å². The third kappa shape index (κ3) is 2.10. The fraction of sp³-hybridized carbons (Fsp3) is 0.733. The minimum absolute atomic E-state index is 0.261. The molecule has 0 spiro atoms. The number of rotatable bonds is 2. The molecule has 100 valence electrons. The summed E-state index contributed by atoms with van der Waals surface area (Å²) in [6.07, 6.45) is 8.22. The van der Waals surface area contributed by atoms with Gasteiger partial charge in [-0.25, -0.2) is 0 Å². The molecule has 2 N–H and O–H groups in total. The molecule has 3 heteroatoms. The van der Waals surface area contributed by atoms with Crippen molar-refractivity contribution in [3.05, 3.63) is 23.5 Å². The van der Waals surface area contributed by atoms with E-state index in [1.165, 1.54) is 36.9 Å². The van der Waals surface area contributed by atoms with Gasteiger partial charge >= 0.3 is 0 Å². The third-order valence-electron chi connectivity index (χ3n) is 4.77. The maximum absolute atomic E-state index is 6.20. The maximum atomic E-state index is 6.20. The van der Waals surface area contributed by atoms with Crippen molar-refractivity contribution in [2.45, 2.75) is 51.1 Å². The van der Waals surface area contributed by atoms with E-state index in [2.05, 4.69) is 23.8 Å². The van der Waals surface area contributed by atoms with Gasteiger partial charge < -0.3 is 15.0 Å². The van der Waals surface area contributed by atoms with Gasteiger partial charge in [0.05, 0.1) is 0 Å². The smallest absolute Gasteiger partial charge is 0.0469 e. The Balaban J connectivity index is 1.83. The average molecular weight is 248 g/mol. The molecule has 2 unspecified atom stereocenters. The zero-order valence-electron chi connectivity index (χ0n) is 11.3. The van der Waals surface area contributed by atoms with Crippen LogP contribution in [0.15, 0.2) is 12.3 Å². The molecule has 3 rings (SSSR count). The van der Waals surface area contributed by atoms with Crippen molar-refractivity contribution < 1.29 is 4.74 Å². The fourth-order valence-corrected chi connectivity index (χ4v) is 3.56. The number of nitrogens with two attached hydrogens (primary N) is 1. The van der Waals surface area contributed by atoms with E-state index in [1.54, 1.807) is 0 Å². The number of nitrogens with zero attached hydrogens (tertiary/aromatic N) is 1. The molecular weight excluding hydrogens is 224 g/mol. The second kappa shape index (κ2) is 5.06. The lowest BCUT2D eigenvalue weighted by molar-refractivity contribution is 0.0509. The Morgan fingerprint density at radius 2 is 2.11 bits per heavy atom. The summed E-state index contributed by atoms with van der Waals surface area (Å²) in [6, 6.07) is 3.09. The third-order valence-corrected chi connectivity index (χ3v) is 4.77. The Bertz CT molecular complexity index is 407. The summed E-state index contributed by atoms with van der Waals surface area (Å²) < 4.78 is 7.96. The molecule has 0 bridgehead atoms. The molecule has 18 heavy (non-hydrogen) atoms. The first-order valence-corrected chi connectivity index (χ1v) is 7.30. The van der Waals surface area contributed by atoms with Crippen LogP contribution in [0.4, 0.5) is 0 Å². The molecule has 1 aliphatic heterocycles. The molecule has 1 saturated heterocycles. The molecular formula is C15H24N2O. The predicted octanol–water partition coefficient (Wildman–Crippen LogP) is 2.81. The highest BCUT2D eigenvalue weighted by Gasteiger charge is 2.26. The van der Waals surface area contributed by atoms with Gasteiger partial charge in [-0.05, 0) is 56.6 Å².